The monoisotopic (exact) mass is 197 g/mol. The first-order chi connectivity index (χ1) is 6.92. The van der Waals surface area contributed by atoms with Gasteiger partial charge in [0.1, 0.15) is 0 Å². The minimum atomic E-state index is 0.811. The molecule has 0 amide bonds. The van der Waals surface area contributed by atoms with Crippen molar-refractivity contribution in [2.75, 3.05) is 46.4 Å². The fraction of sp³-hybridized carbons (Fsp3) is 0.800. The average molecular weight is 197 g/mol. The molecule has 0 saturated carbocycles. The molecule has 1 N–H and O–H groups in total. The number of hydrogen-bond acceptors (Lipinski definition) is 4. The topological polar surface area (TPSA) is 27.7 Å². The SMILES string of the molecule is COCCN1CC=C2CNCCCN21. The second-order valence-electron chi connectivity index (χ2n) is 3.75. The molecule has 0 radical (unpaired) electrons. The molecule has 1 saturated heterocycles. The van der Waals surface area contributed by atoms with Crippen molar-refractivity contribution < 1.29 is 4.74 Å². The van der Waals surface area contributed by atoms with E-state index in [0.29, 0.717) is 0 Å². The minimum absolute atomic E-state index is 0.811. The molecule has 14 heavy (non-hydrogen) atoms. The summed E-state index contributed by atoms with van der Waals surface area (Å²) in [6, 6.07) is 0. The van der Waals surface area contributed by atoms with Gasteiger partial charge in [0.25, 0.3) is 0 Å². The smallest absolute Gasteiger partial charge is 0.0608 e. The number of ether oxygens (including phenoxy) is 1. The Balaban J connectivity index is 1.91. The second-order valence-corrected chi connectivity index (χ2v) is 3.75. The minimum Gasteiger partial charge on any atom is -0.383 e. The highest BCUT2D eigenvalue weighted by atomic mass is 16.5. The van der Waals surface area contributed by atoms with E-state index in [0.717, 1.165) is 39.3 Å². The Kier molecular flexibility index (Phi) is 3.39. The highest BCUT2D eigenvalue weighted by molar-refractivity contribution is 5.10. The highest BCUT2D eigenvalue weighted by Gasteiger charge is 2.23. The lowest BCUT2D eigenvalue weighted by atomic mass is 10.4. The van der Waals surface area contributed by atoms with E-state index < -0.39 is 0 Å². The summed E-state index contributed by atoms with van der Waals surface area (Å²) >= 11 is 0. The van der Waals surface area contributed by atoms with Crippen molar-refractivity contribution in [1.29, 1.82) is 0 Å². The van der Waals surface area contributed by atoms with Gasteiger partial charge in [-0.3, -0.25) is 0 Å². The van der Waals surface area contributed by atoms with Gasteiger partial charge in [-0.25, -0.2) is 5.01 Å². The van der Waals surface area contributed by atoms with Gasteiger partial charge in [0.2, 0.25) is 0 Å². The Morgan fingerprint density at radius 1 is 1.57 bits per heavy atom. The van der Waals surface area contributed by atoms with Crippen LogP contribution in [0.15, 0.2) is 11.8 Å². The number of methoxy groups -OCH3 is 1. The Hall–Kier alpha value is -0.580. The summed E-state index contributed by atoms with van der Waals surface area (Å²) in [5.74, 6) is 0. The van der Waals surface area contributed by atoms with Crippen LogP contribution in [-0.4, -0.2) is 56.5 Å². The van der Waals surface area contributed by atoms with E-state index in [9.17, 15) is 0 Å². The van der Waals surface area contributed by atoms with E-state index in [1.807, 2.05) is 0 Å². The molecule has 0 unspecified atom stereocenters. The number of hydrogen-bond donors (Lipinski definition) is 1. The van der Waals surface area contributed by atoms with Crippen molar-refractivity contribution in [1.82, 2.24) is 15.3 Å². The molecule has 2 aliphatic rings. The molecule has 1 fully saturated rings. The summed E-state index contributed by atoms with van der Waals surface area (Å²) < 4.78 is 5.11. The van der Waals surface area contributed by atoms with E-state index in [4.69, 9.17) is 4.74 Å². The molecular formula is C10H19N3O. The largest absolute Gasteiger partial charge is 0.383 e. The van der Waals surface area contributed by atoms with Crippen LogP contribution < -0.4 is 5.32 Å². The molecular weight excluding hydrogens is 178 g/mol. The maximum atomic E-state index is 5.11. The third-order valence-electron chi connectivity index (χ3n) is 2.79. The predicted molar refractivity (Wildman–Crippen MR) is 55.7 cm³/mol. The zero-order valence-electron chi connectivity index (χ0n) is 8.83. The van der Waals surface area contributed by atoms with Gasteiger partial charge >= 0.3 is 0 Å². The summed E-state index contributed by atoms with van der Waals surface area (Å²) in [6.45, 7) is 6.14. The summed E-state index contributed by atoms with van der Waals surface area (Å²) in [5.41, 5.74) is 1.43. The first kappa shape index (κ1) is 9.96. The Bertz CT molecular complexity index is 217. The molecule has 4 nitrogen and oxygen atoms in total. The van der Waals surface area contributed by atoms with Gasteiger partial charge in [-0.2, -0.15) is 0 Å². The van der Waals surface area contributed by atoms with Crippen LogP contribution in [0.5, 0.6) is 0 Å². The Morgan fingerprint density at radius 2 is 2.50 bits per heavy atom. The number of hydrazine groups is 1. The van der Waals surface area contributed by atoms with Crippen molar-refractivity contribution in [3.63, 3.8) is 0 Å². The van der Waals surface area contributed by atoms with Crippen molar-refractivity contribution in [3.05, 3.63) is 11.8 Å². The van der Waals surface area contributed by atoms with E-state index in [-0.39, 0.29) is 0 Å². The maximum Gasteiger partial charge on any atom is 0.0608 e. The Labute approximate surface area is 85.5 Å². The zero-order chi connectivity index (χ0) is 9.80. The molecule has 2 rings (SSSR count). The molecule has 0 aliphatic carbocycles. The van der Waals surface area contributed by atoms with Crippen LogP contribution in [0.3, 0.4) is 0 Å². The number of nitrogens with zero attached hydrogens (tertiary/aromatic N) is 2. The van der Waals surface area contributed by atoms with Crippen molar-refractivity contribution in [3.8, 4) is 0 Å². The molecule has 0 aromatic carbocycles. The van der Waals surface area contributed by atoms with Crippen LogP contribution in [0.25, 0.3) is 0 Å². The second kappa shape index (κ2) is 4.77. The van der Waals surface area contributed by atoms with Gasteiger partial charge in [-0.05, 0) is 19.0 Å². The van der Waals surface area contributed by atoms with Gasteiger partial charge in [0.15, 0.2) is 0 Å². The van der Waals surface area contributed by atoms with Crippen LogP contribution >= 0.6 is 0 Å². The van der Waals surface area contributed by atoms with Crippen LogP contribution in [0.1, 0.15) is 6.42 Å². The zero-order valence-corrected chi connectivity index (χ0v) is 8.83. The summed E-state index contributed by atoms with van der Waals surface area (Å²) in [7, 11) is 1.76. The first-order valence-corrected chi connectivity index (χ1v) is 5.33. The third kappa shape index (κ3) is 2.08. The van der Waals surface area contributed by atoms with Gasteiger partial charge in [-0.15, -0.1) is 0 Å². The van der Waals surface area contributed by atoms with E-state index in [1.165, 1.54) is 12.1 Å². The standard InChI is InChI=1S/C10H19N3O/c1-14-8-7-12-6-3-10-9-11-4-2-5-13(10)12/h3,11H,2,4-9H2,1H3. The molecule has 4 heteroatoms. The molecule has 0 bridgehead atoms. The Morgan fingerprint density at radius 3 is 3.36 bits per heavy atom. The average Bonchev–Trinajstić information content (AvgIpc) is 2.45. The molecule has 0 aromatic heterocycles. The van der Waals surface area contributed by atoms with E-state index in [2.05, 4.69) is 21.4 Å². The number of nitrogens with one attached hydrogen (secondary N) is 1. The number of fused-ring (bicyclic) bond motifs is 1. The van der Waals surface area contributed by atoms with Gasteiger partial charge in [0.05, 0.1) is 6.61 Å². The molecule has 0 aromatic rings. The quantitative estimate of drug-likeness (QED) is 0.691. The third-order valence-corrected chi connectivity index (χ3v) is 2.79. The van der Waals surface area contributed by atoms with E-state index in [1.54, 1.807) is 7.11 Å². The fourth-order valence-electron chi connectivity index (χ4n) is 2.02. The van der Waals surface area contributed by atoms with Gasteiger partial charge < -0.3 is 15.1 Å². The molecule has 80 valence electrons. The summed E-state index contributed by atoms with van der Waals surface area (Å²) in [4.78, 5) is 0. The summed E-state index contributed by atoms with van der Waals surface area (Å²) in [5, 5.41) is 8.20. The maximum absolute atomic E-state index is 5.11. The van der Waals surface area contributed by atoms with Crippen molar-refractivity contribution in [2.24, 2.45) is 0 Å². The fourth-order valence-corrected chi connectivity index (χ4v) is 2.02. The van der Waals surface area contributed by atoms with Gasteiger partial charge in [0, 0.05) is 39.0 Å². The van der Waals surface area contributed by atoms with Crippen LogP contribution in [0.4, 0.5) is 0 Å². The lowest BCUT2D eigenvalue weighted by molar-refractivity contribution is 0.0176. The van der Waals surface area contributed by atoms with Crippen molar-refractivity contribution in [2.45, 2.75) is 6.42 Å². The first-order valence-electron chi connectivity index (χ1n) is 5.33. The highest BCUT2D eigenvalue weighted by Crippen LogP contribution is 2.17. The predicted octanol–water partition coefficient (Wildman–Crippen LogP) is 0.0426. The van der Waals surface area contributed by atoms with Crippen LogP contribution in [0, 0.1) is 0 Å². The molecule has 2 aliphatic heterocycles. The molecule has 0 atom stereocenters. The van der Waals surface area contributed by atoms with Gasteiger partial charge in [-0.1, -0.05) is 0 Å². The number of rotatable bonds is 3. The van der Waals surface area contributed by atoms with E-state index >= 15 is 0 Å². The van der Waals surface area contributed by atoms with Crippen molar-refractivity contribution >= 4 is 0 Å². The van der Waals surface area contributed by atoms with Crippen LogP contribution in [-0.2, 0) is 4.74 Å². The normalized spacial score (nSPS) is 23.2. The summed E-state index contributed by atoms with van der Waals surface area (Å²) in [6.07, 6.45) is 3.54. The lowest BCUT2D eigenvalue weighted by Gasteiger charge is -2.30. The van der Waals surface area contributed by atoms with Crippen LogP contribution in [0.2, 0.25) is 0 Å². The lowest BCUT2D eigenvalue weighted by Crippen LogP contribution is -2.40. The molecule has 0 spiro atoms. The molecule has 2 heterocycles.